The molecule has 0 bridgehead atoms. The number of esters is 2. The van der Waals surface area contributed by atoms with Crippen molar-refractivity contribution < 1.29 is 23.8 Å². The number of hydrogen-bond acceptors (Lipinski definition) is 5. The maximum atomic E-state index is 11.9. The molecule has 0 aliphatic rings. The van der Waals surface area contributed by atoms with Crippen LogP contribution in [0.1, 0.15) is 22.8 Å². The first-order chi connectivity index (χ1) is 11.6. The number of carbonyl (C=O) groups is 2. The van der Waals surface area contributed by atoms with Crippen molar-refractivity contribution in [1.29, 1.82) is 0 Å². The average molecular weight is 326 g/mol. The van der Waals surface area contributed by atoms with Crippen molar-refractivity contribution in [3.05, 3.63) is 65.7 Å². The Morgan fingerprint density at radius 2 is 1.67 bits per heavy atom. The van der Waals surface area contributed by atoms with Crippen molar-refractivity contribution in [2.24, 2.45) is 0 Å². The standard InChI is InChI=1S/C19H18O5/c1-3-23-16-6-4-5-7-17(16)24-18(20)13-10-14-8-11-15(12-9-14)19(21)22-2/h4-13H,3H2,1-2H3. The number of hydrogen-bond donors (Lipinski definition) is 0. The quantitative estimate of drug-likeness (QED) is 0.462. The lowest BCUT2D eigenvalue weighted by molar-refractivity contribution is -0.129. The third kappa shape index (κ3) is 4.71. The first-order valence-corrected chi connectivity index (χ1v) is 7.44. The summed E-state index contributed by atoms with van der Waals surface area (Å²) in [5.41, 5.74) is 1.21. The van der Waals surface area contributed by atoms with Crippen LogP contribution in [0.3, 0.4) is 0 Å². The molecule has 2 aromatic carbocycles. The molecule has 0 saturated carbocycles. The van der Waals surface area contributed by atoms with Gasteiger partial charge >= 0.3 is 11.9 Å². The number of para-hydroxylation sites is 2. The SMILES string of the molecule is CCOc1ccccc1OC(=O)C=Cc1ccc(C(=O)OC)cc1. The van der Waals surface area contributed by atoms with Crippen LogP contribution in [-0.4, -0.2) is 25.7 Å². The van der Waals surface area contributed by atoms with Gasteiger partial charge in [-0.1, -0.05) is 24.3 Å². The molecule has 0 heterocycles. The van der Waals surface area contributed by atoms with E-state index in [-0.39, 0.29) is 0 Å². The Morgan fingerprint density at radius 1 is 1.00 bits per heavy atom. The second kappa shape index (κ2) is 8.53. The highest BCUT2D eigenvalue weighted by Gasteiger charge is 2.07. The molecule has 0 aromatic heterocycles. The van der Waals surface area contributed by atoms with Crippen LogP contribution in [0.15, 0.2) is 54.6 Å². The van der Waals surface area contributed by atoms with Crippen LogP contribution in [0, 0.1) is 0 Å². The molecule has 0 aliphatic heterocycles. The van der Waals surface area contributed by atoms with E-state index >= 15 is 0 Å². The van der Waals surface area contributed by atoms with Crippen molar-refractivity contribution >= 4 is 18.0 Å². The van der Waals surface area contributed by atoms with Crippen LogP contribution in [0.2, 0.25) is 0 Å². The molecule has 0 saturated heterocycles. The zero-order valence-corrected chi connectivity index (χ0v) is 13.5. The minimum Gasteiger partial charge on any atom is -0.490 e. The zero-order chi connectivity index (χ0) is 17.4. The summed E-state index contributed by atoms with van der Waals surface area (Å²) in [6.45, 7) is 2.34. The fourth-order valence-electron chi connectivity index (χ4n) is 1.96. The molecule has 0 radical (unpaired) electrons. The molecule has 24 heavy (non-hydrogen) atoms. The Hall–Kier alpha value is -3.08. The van der Waals surface area contributed by atoms with E-state index in [0.29, 0.717) is 23.7 Å². The normalized spacial score (nSPS) is 10.4. The minimum atomic E-state index is -0.515. The molecule has 2 rings (SSSR count). The van der Waals surface area contributed by atoms with Gasteiger partial charge in [0.15, 0.2) is 11.5 Å². The Bertz CT molecular complexity index is 732. The van der Waals surface area contributed by atoms with Crippen LogP contribution in [0.5, 0.6) is 11.5 Å². The van der Waals surface area contributed by atoms with Gasteiger partial charge in [-0.15, -0.1) is 0 Å². The lowest BCUT2D eigenvalue weighted by Gasteiger charge is -2.08. The Kier molecular flexibility index (Phi) is 6.14. The van der Waals surface area contributed by atoms with Gasteiger partial charge in [0.1, 0.15) is 0 Å². The number of carbonyl (C=O) groups excluding carboxylic acids is 2. The van der Waals surface area contributed by atoms with Gasteiger partial charge in [0.25, 0.3) is 0 Å². The molecule has 0 N–H and O–H groups in total. The average Bonchev–Trinajstić information content (AvgIpc) is 2.61. The van der Waals surface area contributed by atoms with Crippen molar-refractivity contribution in [3.63, 3.8) is 0 Å². The molecular weight excluding hydrogens is 308 g/mol. The molecular formula is C19H18O5. The molecule has 0 unspecified atom stereocenters. The summed E-state index contributed by atoms with van der Waals surface area (Å²) in [5, 5.41) is 0. The Morgan fingerprint density at radius 3 is 2.29 bits per heavy atom. The molecule has 124 valence electrons. The maximum Gasteiger partial charge on any atom is 0.337 e. The first-order valence-electron chi connectivity index (χ1n) is 7.44. The monoisotopic (exact) mass is 326 g/mol. The predicted molar refractivity (Wildman–Crippen MR) is 90.1 cm³/mol. The summed E-state index contributed by atoms with van der Waals surface area (Å²) in [7, 11) is 1.33. The van der Waals surface area contributed by atoms with Gasteiger partial charge in [-0.25, -0.2) is 9.59 Å². The van der Waals surface area contributed by atoms with Gasteiger partial charge in [-0.2, -0.15) is 0 Å². The molecule has 0 aliphatic carbocycles. The smallest absolute Gasteiger partial charge is 0.337 e. The second-order valence-electron chi connectivity index (χ2n) is 4.75. The van der Waals surface area contributed by atoms with E-state index in [1.807, 2.05) is 6.92 Å². The van der Waals surface area contributed by atoms with E-state index in [1.165, 1.54) is 13.2 Å². The highest BCUT2D eigenvalue weighted by molar-refractivity contribution is 5.91. The van der Waals surface area contributed by atoms with E-state index in [4.69, 9.17) is 9.47 Å². The fraction of sp³-hybridized carbons (Fsp3) is 0.158. The topological polar surface area (TPSA) is 61.8 Å². The molecule has 0 fully saturated rings. The van der Waals surface area contributed by atoms with Crippen LogP contribution in [-0.2, 0) is 9.53 Å². The second-order valence-corrected chi connectivity index (χ2v) is 4.75. The lowest BCUT2D eigenvalue weighted by atomic mass is 10.1. The predicted octanol–water partition coefficient (Wildman–Crippen LogP) is 3.49. The van der Waals surface area contributed by atoms with Gasteiger partial charge in [0.2, 0.25) is 0 Å². The van der Waals surface area contributed by atoms with Crippen molar-refractivity contribution in [1.82, 2.24) is 0 Å². The van der Waals surface area contributed by atoms with E-state index in [9.17, 15) is 9.59 Å². The summed E-state index contributed by atoms with van der Waals surface area (Å²) in [6, 6.07) is 13.7. The zero-order valence-electron chi connectivity index (χ0n) is 13.5. The summed E-state index contributed by atoms with van der Waals surface area (Å²) in [5.74, 6) is -0.0316. The van der Waals surface area contributed by atoms with E-state index < -0.39 is 11.9 Å². The number of methoxy groups -OCH3 is 1. The number of ether oxygens (including phenoxy) is 3. The van der Waals surface area contributed by atoms with Gasteiger partial charge < -0.3 is 14.2 Å². The van der Waals surface area contributed by atoms with Gasteiger partial charge in [0, 0.05) is 6.08 Å². The van der Waals surface area contributed by atoms with Crippen molar-refractivity contribution in [3.8, 4) is 11.5 Å². The van der Waals surface area contributed by atoms with Crippen LogP contribution in [0.25, 0.3) is 6.08 Å². The third-order valence-corrected chi connectivity index (χ3v) is 3.10. The minimum absolute atomic E-state index is 0.370. The van der Waals surface area contributed by atoms with Gasteiger partial charge in [0.05, 0.1) is 19.3 Å². The third-order valence-electron chi connectivity index (χ3n) is 3.10. The highest BCUT2D eigenvalue weighted by atomic mass is 16.6. The lowest BCUT2D eigenvalue weighted by Crippen LogP contribution is -2.05. The highest BCUT2D eigenvalue weighted by Crippen LogP contribution is 2.26. The number of rotatable bonds is 6. The molecule has 0 atom stereocenters. The molecule has 2 aromatic rings. The number of benzene rings is 2. The van der Waals surface area contributed by atoms with E-state index in [2.05, 4.69) is 4.74 Å². The summed E-state index contributed by atoms with van der Waals surface area (Å²) in [6.07, 6.45) is 2.92. The van der Waals surface area contributed by atoms with Gasteiger partial charge in [-0.3, -0.25) is 0 Å². The largest absolute Gasteiger partial charge is 0.490 e. The first kappa shape index (κ1) is 17.3. The fourth-order valence-corrected chi connectivity index (χ4v) is 1.96. The van der Waals surface area contributed by atoms with Crippen molar-refractivity contribution in [2.75, 3.05) is 13.7 Å². The Labute approximate surface area is 140 Å². The van der Waals surface area contributed by atoms with Crippen molar-refractivity contribution in [2.45, 2.75) is 6.92 Å². The molecule has 0 spiro atoms. The summed E-state index contributed by atoms with van der Waals surface area (Å²) < 4.78 is 15.3. The molecule has 5 nitrogen and oxygen atoms in total. The molecule has 5 heteroatoms. The molecule has 0 amide bonds. The van der Waals surface area contributed by atoms with Crippen LogP contribution < -0.4 is 9.47 Å². The Balaban J connectivity index is 2.02. The van der Waals surface area contributed by atoms with Crippen LogP contribution in [0.4, 0.5) is 0 Å². The van der Waals surface area contributed by atoms with E-state index in [0.717, 1.165) is 5.56 Å². The van der Waals surface area contributed by atoms with Crippen LogP contribution >= 0.6 is 0 Å². The van der Waals surface area contributed by atoms with Gasteiger partial charge in [-0.05, 0) is 42.8 Å². The summed E-state index contributed by atoms with van der Waals surface area (Å²) >= 11 is 0. The summed E-state index contributed by atoms with van der Waals surface area (Å²) in [4.78, 5) is 23.3. The maximum absolute atomic E-state index is 11.9. The van der Waals surface area contributed by atoms with E-state index in [1.54, 1.807) is 54.6 Å².